The first kappa shape index (κ1) is 16.6. The molecule has 2 aromatic rings. The van der Waals surface area contributed by atoms with E-state index in [2.05, 4.69) is 10.2 Å². The summed E-state index contributed by atoms with van der Waals surface area (Å²) in [7, 11) is 4.02. The van der Waals surface area contributed by atoms with E-state index in [1.807, 2.05) is 50.5 Å². The molecule has 0 bridgehead atoms. The van der Waals surface area contributed by atoms with Gasteiger partial charge in [0.15, 0.2) is 0 Å². The highest BCUT2D eigenvalue weighted by atomic mass is 35.5. The van der Waals surface area contributed by atoms with E-state index in [1.54, 1.807) is 12.1 Å². The molecule has 1 amide bonds. The Balaban J connectivity index is 1.77. The Bertz CT molecular complexity index is 782. The summed E-state index contributed by atoms with van der Waals surface area (Å²) in [6, 6.07) is 13.1. The van der Waals surface area contributed by atoms with Crippen LogP contribution in [0.2, 0.25) is 5.02 Å². The van der Waals surface area contributed by atoms with Crippen molar-refractivity contribution in [2.75, 3.05) is 32.6 Å². The van der Waals surface area contributed by atoms with Crippen molar-refractivity contribution >= 4 is 34.8 Å². The fourth-order valence-electron chi connectivity index (χ4n) is 2.48. The van der Waals surface area contributed by atoms with E-state index in [1.165, 1.54) is 0 Å². The quantitative estimate of drug-likeness (QED) is 0.841. The molecule has 0 unspecified atom stereocenters. The van der Waals surface area contributed by atoms with Crippen molar-refractivity contribution in [1.82, 2.24) is 4.90 Å². The third-order valence-corrected chi connectivity index (χ3v) is 4.00. The van der Waals surface area contributed by atoms with Gasteiger partial charge in [-0.05, 0) is 56.1 Å². The van der Waals surface area contributed by atoms with Gasteiger partial charge in [0, 0.05) is 28.4 Å². The van der Waals surface area contributed by atoms with E-state index >= 15 is 0 Å². The lowest BCUT2D eigenvalue weighted by atomic mass is 10.0. The number of likely N-dealkylation sites (N-methyl/N-ethyl adjacent to an activating group) is 1. The van der Waals surface area contributed by atoms with Crippen LogP contribution in [0.4, 0.5) is 5.69 Å². The van der Waals surface area contributed by atoms with E-state index in [0.717, 1.165) is 29.1 Å². The maximum atomic E-state index is 12.2. The zero-order valence-corrected chi connectivity index (χ0v) is 14.4. The first-order chi connectivity index (χ1) is 11.5. The van der Waals surface area contributed by atoms with Gasteiger partial charge in [-0.2, -0.15) is 0 Å². The van der Waals surface area contributed by atoms with Crippen molar-refractivity contribution in [3.8, 4) is 5.75 Å². The molecule has 5 heteroatoms. The Hall–Kier alpha value is -2.30. The second kappa shape index (κ2) is 7.07. The normalized spacial score (nSPS) is 14.8. The summed E-state index contributed by atoms with van der Waals surface area (Å²) in [6.07, 6.45) is 1.86. The minimum absolute atomic E-state index is 0.112. The predicted octanol–water partition coefficient (Wildman–Crippen LogP) is 3.77. The summed E-state index contributed by atoms with van der Waals surface area (Å²) in [5, 5.41) is 3.46. The summed E-state index contributed by atoms with van der Waals surface area (Å²) < 4.78 is 5.68. The number of nitrogens with zero attached hydrogens (tertiary/aromatic N) is 1. The lowest BCUT2D eigenvalue weighted by Crippen LogP contribution is -2.19. The van der Waals surface area contributed by atoms with E-state index in [-0.39, 0.29) is 5.91 Å². The molecule has 0 aromatic heterocycles. The molecule has 3 rings (SSSR count). The first-order valence-electron chi connectivity index (χ1n) is 7.73. The van der Waals surface area contributed by atoms with Crippen LogP contribution in [0.25, 0.3) is 11.6 Å². The van der Waals surface area contributed by atoms with Crippen LogP contribution < -0.4 is 10.1 Å². The van der Waals surface area contributed by atoms with Crippen molar-refractivity contribution < 1.29 is 9.53 Å². The summed E-state index contributed by atoms with van der Waals surface area (Å²) in [5.41, 5.74) is 3.18. The predicted molar refractivity (Wildman–Crippen MR) is 98.4 cm³/mol. The summed E-state index contributed by atoms with van der Waals surface area (Å²) in [4.78, 5) is 14.2. The van der Waals surface area contributed by atoms with E-state index < -0.39 is 0 Å². The molecular weight excluding hydrogens is 324 g/mol. The van der Waals surface area contributed by atoms with Gasteiger partial charge in [0.05, 0.1) is 0 Å². The number of amides is 1. The van der Waals surface area contributed by atoms with Crippen LogP contribution in [0.3, 0.4) is 0 Å². The Labute approximate surface area is 146 Å². The maximum Gasteiger partial charge on any atom is 0.256 e. The number of nitrogens with one attached hydrogen (secondary N) is 1. The highest BCUT2D eigenvalue weighted by molar-refractivity contribution is 6.36. The lowest BCUT2D eigenvalue weighted by Gasteiger charge is -2.11. The van der Waals surface area contributed by atoms with E-state index in [4.69, 9.17) is 16.3 Å². The van der Waals surface area contributed by atoms with Gasteiger partial charge < -0.3 is 15.0 Å². The molecule has 0 aliphatic carbocycles. The van der Waals surface area contributed by atoms with Gasteiger partial charge in [0.1, 0.15) is 12.4 Å². The van der Waals surface area contributed by atoms with Gasteiger partial charge >= 0.3 is 0 Å². The third-order valence-electron chi connectivity index (χ3n) is 3.76. The van der Waals surface area contributed by atoms with Gasteiger partial charge in [-0.25, -0.2) is 0 Å². The number of fused-ring (bicyclic) bond motifs is 1. The van der Waals surface area contributed by atoms with Crippen LogP contribution in [0.15, 0.2) is 42.5 Å². The molecule has 124 valence electrons. The topological polar surface area (TPSA) is 41.6 Å². The molecule has 0 saturated carbocycles. The zero-order chi connectivity index (χ0) is 17.1. The molecule has 0 atom stereocenters. The first-order valence-corrected chi connectivity index (χ1v) is 8.11. The Morgan fingerprint density at radius 2 is 1.92 bits per heavy atom. The molecule has 0 fully saturated rings. The average Bonchev–Trinajstić information content (AvgIpc) is 2.84. The molecule has 1 N–H and O–H groups in total. The summed E-state index contributed by atoms with van der Waals surface area (Å²) >= 11 is 6.04. The van der Waals surface area contributed by atoms with Gasteiger partial charge in [-0.15, -0.1) is 0 Å². The van der Waals surface area contributed by atoms with Crippen LogP contribution in [0, 0.1) is 0 Å². The number of rotatable bonds is 5. The largest absolute Gasteiger partial charge is 0.492 e. The van der Waals surface area contributed by atoms with Crippen molar-refractivity contribution in [2.45, 2.75) is 0 Å². The van der Waals surface area contributed by atoms with Gasteiger partial charge in [0.25, 0.3) is 5.91 Å². The van der Waals surface area contributed by atoms with Crippen LogP contribution in [0.1, 0.15) is 11.1 Å². The molecule has 1 heterocycles. The van der Waals surface area contributed by atoms with E-state index in [9.17, 15) is 4.79 Å². The zero-order valence-electron chi connectivity index (χ0n) is 13.7. The van der Waals surface area contributed by atoms with Crippen LogP contribution >= 0.6 is 11.6 Å². The number of hydrogen-bond acceptors (Lipinski definition) is 3. The van der Waals surface area contributed by atoms with Gasteiger partial charge in [-0.3, -0.25) is 4.79 Å². The average molecular weight is 343 g/mol. The number of hydrogen-bond donors (Lipinski definition) is 1. The van der Waals surface area contributed by atoms with Crippen molar-refractivity contribution in [3.63, 3.8) is 0 Å². The summed E-state index contributed by atoms with van der Waals surface area (Å²) in [6.45, 7) is 1.51. The van der Waals surface area contributed by atoms with Crippen LogP contribution in [-0.4, -0.2) is 38.1 Å². The van der Waals surface area contributed by atoms with Gasteiger partial charge in [-0.1, -0.05) is 23.7 Å². The fourth-order valence-corrected chi connectivity index (χ4v) is 2.65. The Morgan fingerprint density at radius 3 is 2.62 bits per heavy atom. The SMILES string of the molecule is CN(C)CCOc1ccc(/C=C2/C(=O)Nc3ccc(Cl)cc32)cc1. The number of carbonyl (C=O) groups is 1. The standard InChI is InChI=1S/C19H19ClN2O2/c1-22(2)9-10-24-15-6-3-13(4-7-15)11-17-16-12-14(20)5-8-18(16)21-19(17)23/h3-8,11-12H,9-10H2,1-2H3,(H,21,23)/b17-11+. The van der Waals surface area contributed by atoms with Crippen LogP contribution in [-0.2, 0) is 4.79 Å². The van der Waals surface area contributed by atoms with E-state index in [0.29, 0.717) is 17.2 Å². The highest BCUT2D eigenvalue weighted by Gasteiger charge is 2.24. The molecule has 0 saturated heterocycles. The molecule has 24 heavy (non-hydrogen) atoms. The second-order valence-electron chi connectivity index (χ2n) is 5.92. The monoisotopic (exact) mass is 342 g/mol. The number of halogens is 1. The van der Waals surface area contributed by atoms with Crippen molar-refractivity contribution in [3.05, 3.63) is 58.6 Å². The molecule has 1 aliphatic rings. The highest BCUT2D eigenvalue weighted by Crippen LogP contribution is 2.35. The van der Waals surface area contributed by atoms with Crippen molar-refractivity contribution in [2.24, 2.45) is 0 Å². The smallest absolute Gasteiger partial charge is 0.256 e. The number of carbonyl (C=O) groups excluding carboxylic acids is 1. The molecule has 1 aliphatic heterocycles. The molecule has 2 aromatic carbocycles. The number of ether oxygens (including phenoxy) is 1. The molecule has 0 radical (unpaired) electrons. The Morgan fingerprint density at radius 1 is 1.17 bits per heavy atom. The summed E-state index contributed by atoms with van der Waals surface area (Å²) in [5.74, 6) is 0.705. The molecular formula is C19H19ClN2O2. The van der Waals surface area contributed by atoms with Crippen molar-refractivity contribution in [1.29, 1.82) is 0 Å². The van der Waals surface area contributed by atoms with Gasteiger partial charge in [0.2, 0.25) is 0 Å². The molecule has 0 spiro atoms. The lowest BCUT2D eigenvalue weighted by molar-refractivity contribution is -0.110. The molecule has 4 nitrogen and oxygen atoms in total. The Kier molecular flexibility index (Phi) is 4.88. The fraction of sp³-hybridized carbons (Fsp3) is 0.211. The van der Waals surface area contributed by atoms with Crippen LogP contribution in [0.5, 0.6) is 5.75 Å². The minimum atomic E-state index is -0.112. The number of anilines is 1. The third kappa shape index (κ3) is 3.78. The number of benzene rings is 2. The maximum absolute atomic E-state index is 12.2. The minimum Gasteiger partial charge on any atom is -0.492 e. The second-order valence-corrected chi connectivity index (χ2v) is 6.36.